The van der Waals surface area contributed by atoms with E-state index in [1.54, 1.807) is 20.8 Å². The van der Waals surface area contributed by atoms with Crippen LogP contribution in [-0.4, -0.2) is 117 Å². The maximum atomic E-state index is 14.6. The molecule has 2 heterocycles. The summed E-state index contributed by atoms with van der Waals surface area (Å²) in [5.74, 6) is -2.78. The lowest BCUT2D eigenvalue weighted by Crippen LogP contribution is -2.61. The molecule has 2 fully saturated rings. The second-order valence-electron chi connectivity index (χ2n) is 16.6. The molecule has 2 aliphatic rings. The highest BCUT2D eigenvalue weighted by Crippen LogP contribution is 2.32. The van der Waals surface area contributed by atoms with Crippen LogP contribution in [0, 0.1) is 11.8 Å². The smallest absolute Gasteiger partial charge is 0.408 e. The van der Waals surface area contributed by atoms with Gasteiger partial charge in [0.25, 0.3) is 5.91 Å². The van der Waals surface area contributed by atoms with Gasteiger partial charge in [-0.2, -0.15) is 4.31 Å². The molecule has 3 N–H and O–H groups in total. The minimum atomic E-state index is -3.82. The molecule has 0 aromatic heterocycles. The Kier molecular flexibility index (Phi) is 17.3. The monoisotopic (exact) mass is 771 g/mol. The third-order valence-electron chi connectivity index (χ3n) is 9.32. The maximum absolute atomic E-state index is 14.6. The Hall–Kier alpha value is -2.98. The predicted octanol–water partition coefficient (Wildman–Crippen LogP) is 3.80. The van der Waals surface area contributed by atoms with Crippen LogP contribution >= 0.6 is 0 Å². The zero-order valence-corrected chi connectivity index (χ0v) is 34.7. The Bertz CT molecular complexity index is 1360. The number of alkyl carbamates (subject to hydrolysis) is 1. The summed E-state index contributed by atoms with van der Waals surface area (Å²) in [5, 5.41) is 8.30. The Morgan fingerprint density at radius 3 is 2.25 bits per heavy atom. The topological polar surface area (TPSA) is 181 Å². The Balaban J connectivity index is 2.64. The van der Waals surface area contributed by atoms with Crippen LogP contribution < -0.4 is 16.0 Å². The van der Waals surface area contributed by atoms with E-state index < -0.39 is 77.7 Å². The third-order valence-corrected chi connectivity index (χ3v) is 13.3. The largest absolute Gasteiger partial charge is 0.450 e. The van der Waals surface area contributed by atoms with E-state index in [1.165, 1.54) is 22.2 Å². The van der Waals surface area contributed by atoms with Crippen LogP contribution in [0.2, 0.25) is 25.7 Å². The average Bonchev–Trinajstić information content (AvgIpc) is 3.47. The first-order chi connectivity index (χ1) is 24.1. The lowest BCUT2D eigenvalue weighted by molar-refractivity contribution is -0.157. The van der Waals surface area contributed by atoms with Crippen molar-refractivity contribution in [2.45, 2.75) is 142 Å². The summed E-state index contributed by atoms with van der Waals surface area (Å²) in [4.78, 5) is 69.1. The Labute approximate surface area is 312 Å². The van der Waals surface area contributed by atoms with Gasteiger partial charge in [-0.1, -0.05) is 65.2 Å². The number of carbonyl (C=O) groups is 5. The van der Waals surface area contributed by atoms with Gasteiger partial charge in [0, 0.05) is 41.2 Å². The predicted molar refractivity (Wildman–Crippen MR) is 204 cm³/mol. The number of ether oxygens (including phenoxy) is 2. The number of hydrogen-bond acceptors (Lipinski definition) is 9. The molecule has 0 aliphatic carbocycles. The van der Waals surface area contributed by atoms with Crippen LogP contribution in [0.15, 0.2) is 12.7 Å². The molecular weight excluding hydrogens is 707 g/mol. The van der Waals surface area contributed by atoms with Gasteiger partial charge in [-0.15, -0.1) is 6.58 Å². The molecule has 2 rings (SSSR count). The van der Waals surface area contributed by atoms with Gasteiger partial charge in [0.15, 0.2) is 6.10 Å². The fraction of sp³-hybridized carbons (Fsp3) is 0.806. The van der Waals surface area contributed by atoms with E-state index in [2.05, 4.69) is 42.2 Å². The molecule has 5 atom stereocenters. The van der Waals surface area contributed by atoms with Crippen LogP contribution in [0.25, 0.3) is 0 Å². The number of fused-ring (bicyclic) bond motifs is 1. The molecule has 0 bridgehead atoms. The molecule has 298 valence electrons. The van der Waals surface area contributed by atoms with Crippen molar-refractivity contribution in [3.8, 4) is 0 Å². The highest BCUT2D eigenvalue weighted by molar-refractivity contribution is 7.89. The quantitative estimate of drug-likeness (QED) is 0.160. The summed E-state index contributed by atoms with van der Waals surface area (Å²) >= 11 is 0. The van der Waals surface area contributed by atoms with E-state index >= 15 is 0 Å². The third kappa shape index (κ3) is 14.8. The van der Waals surface area contributed by atoms with E-state index in [0.29, 0.717) is 38.1 Å². The van der Waals surface area contributed by atoms with Crippen LogP contribution in [0.5, 0.6) is 0 Å². The molecule has 0 radical (unpaired) electrons. The first-order valence-corrected chi connectivity index (χ1v) is 24.0. The second-order valence-corrected chi connectivity index (χ2v) is 24.3. The van der Waals surface area contributed by atoms with Crippen molar-refractivity contribution in [2.24, 2.45) is 11.8 Å². The lowest BCUT2D eigenvalue weighted by Gasteiger charge is -2.35. The molecule has 4 amide bonds. The van der Waals surface area contributed by atoms with Gasteiger partial charge in [-0.25, -0.2) is 13.2 Å². The van der Waals surface area contributed by atoms with Crippen LogP contribution in [0.4, 0.5) is 4.79 Å². The molecule has 2 saturated heterocycles. The van der Waals surface area contributed by atoms with Crippen molar-refractivity contribution >= 4 is 47.9 Å². The Morgan fingerprint density at radius 1 is 1.04 bits per heavy atom. The van der Waals surface area contributed by atoms with E-state index in [-0.39, 0.29) is 43.8 Å². The summed E-state index contributed by atoms with van der Waals surface area (Å²) in [6.07, 6.45) is 3.38. The average molecular weight is 772 g/mol. The fourth-order valence-corrected chi connectivity index (χ4v) is 11.1. The summed E-state index contributed by atoms with van der Waals surface area (Å²) in [5.41, 5.74) is -0.890. The maximum Gasteiger partial charge on any atom is 0.408 e. The van der Waals surface area contributed by atoms with Crippen molar-refractivity contribution < 1.29 is 41.9 Å². The van der Waals surface area contributed by atoms with Gasteiger partial charge < -0.3 is 30.3 Å². The molecule has 1 unspecified atom stereocenters. The summed E-state index contributed by atoms with van der Waals surface area (Å²) in [6.45, 7) is 20.3. The number of amides is 4. The van der Waals surface area contributed by atoms with Gasteiger partial charge >= 0.3 is 12.1 Å². The van der Waals surface area contributed by atoms with Crippen molar-refractivity contribution in [3.63, 3.8) is 0 Å². The van der Waals surface area contributed by atoms with Gasteiger partial charge in [0.2, 0.25) is 21.8 Å². The van der Waals surface area contributed by atoms with E-state index in [4.69, 9.17) is 9.47 Å². The highest BCUT2D eigenvalue weighted by atomic mass is 32.2. The molecule has 16 heteroatoms. The molecule has 0 saturated carbocycles. The van der Waals surface area contributed by atoms with Crippen molar-refractivity contribution in [3.05, 3.63) is 12.7 Å². The van der Waals surface area contributed by atoms with Crippen LogP contribution in [0.3, 0.4) is 0 Å². The SMILES string of the molecule is C=CCNC(=O)C(OC(C)=O)[C@@H]1CCCCCCCN(S(=O)(=O)CC[Si](C)(C)C)C[C@H](NC(=O)OC(C)(C)C)C(=O)N2CC[C@H](C(C)C)[C@H]2C(=O)N1. The highest BCUT2D eigenvalue weighted by Gasteiger charge is 2.47. The van der Waals surface area contributed by atoms with E-state index in [0.717, 1.165) is 12.8 Å². The number of sulfonamides is 1. The summed E-state index contributed by atoms with van der Waals surface area (Å²) in [7, 11) is -5.57. The minimum Gasteiger partial charge on any atom is -0.450 e. The molecule has 0 aromatic rings. The first-order valence-electron chi connectivity index (χ1n) is 18.7. The summed E-state index contributed by atoms with van der Waals surface area (Å²) < 4.78 is 40.1. The summed E-state index contributed by atoms with van der Waals surface area (Å²) in [6, 6.07) is -2.70. The normalized spacial score (nSPS) is 24.0. The second kappa shape index (κ2) is 19.9. The van der Waals surface area contributed by atoms with Crippen LogP contribution in [-0.2, 0) is 38.7 Å². The minimum absolute atomic E-state index is 0.0338. The Morgan fingerprint density at radius 2 is 1.67 bits per heavy atom. The van der Waals surface area contributed by atoms with Crippen molar-refractivity contribution in [2.75, 3.05) is 31.9 Å². The van der Waals surface area contributed by atoms with Gasteiger partial charge in [0.1, 0.15) is 17.7 Å². The first kappa shape index (κ1) is 45.2. The van der Waals surface area contributed by atoms with E-state index in [9.17, 15) is 32.4 Å². The number of nitrogens with zero attached hydrogens (tertiary/aromatic N) is 2. The van der Waals surface area contributed by atoms with E-state index in [1.807, 2.05) is 13.8 Å². The number of esters is 1. The lowest BCUT2D eigenvalue weighted by atomic mass is 9.87. The number of hydrogen-bond donors (Lipinski definition) is 3. The van der Waals surface area contributed by atoms with Gasteiger partial charge in [-0.3, -0.25) is 19.2 Å². The number of rotatable bonds is 11. The molecular formula is C36H65N5O9SSi. The molecule has 0 aromatic carbocycles. The van der Waals surface area contributed by atoms with Crippen LogP contribution in [0.1, 0.15) is 86.5 Å². The molecule has 52 heavy (non-hydrogen) atoms. The van der Waals surface area contributed by atoms with Crippen molar-refractivity contribution in [1.29, 1.82) is 0 Å². The fourth-order valence-electron chi connectivity index (χ4n) is 6.57. The zero-order chi connectivity index (χ0) is 39.4. The van der Waals surface area contributed by atoms with Crippen molar-refractivity contribution in [1.82, 2.24) is 25.2 Å². The van der Waals surface area contributed by atoms with Gasteiger partial charge in [-0.05, 0) is 57.9 Å². The number of carbonyl (C=O) groups excluding carboxylic acids is 5. The zero-order valence-electron chi connectivity index (χ0n) is 32.9. The number of nitrogens with one attached hydrogen (secondary N) is 3. The molecule has 0 spiro atoms. The standard InChI is InChI=1S/C36H65N5O9SSi/c1-11-19-37-33(44)31(49-26(4)42)28-17-15-13-12-14-16-20-40(51(47,48)22-23-52(8,9)10)24-29(39-35(46)50-36(5,6)7)34(45)41-21-18-27(25(2)3)30(41)32(43)38-28/h11,25,27-31H,1,12-24H2,2-10H3,(H,37,44)(H,38,43)(H,39,46)/t27-,28+,29+,30+,31?/m1/s1. The van der Waals surface area contributed by atoms with Gasteiger partial charge in [0.05, 0.1) is 11.8 Å². The molecule has 2 aliphatic heterocycles. The molecule has 14 nitrogen and oxygen atoms in total.